The molecule has 1 atom stereocenters. The molecule has 0 heterocycles. The minimum Gasteiger partial charge on any atom is -0.462 e. The topological polar surface area (TPSA) is 78.9 Å². The van der Waals surface area contributed by atoms with Crippen molar-refractivity contribution in [1.29, 1.82) is 0 Å². The van der Waals surface area contributed by atoms with Crippen LogP contribution in [0.5, 0.6) is 0 Å². The van der Waals surface area contributed by atoms with Gasteiger partial charge in [0.1, 0.15) is 13.2 Å². The second-order valence-electron chi connectivity index (χ2n) is 17.1. The van der Waals surface area contributed by atoms with Gasteiger partial charge in [-0.2, -0.15) is 0 Å². The van der Waals surface area contributed by atoms with Crippen LogP contribution in [0.2, 0.25) is 0 Å². The van der Waals surface area contributed by atoms with Gasteiger partial charge in [0.05, 0.1) is 0 Å². The quantitative estimate of drug-likeness (QED) is 0.0263. The van der Waals surface area contributed by atoms with Crippen LogP contribution in [0.1, 0.15) is 265 Å². The van der Waals surface area contributed by atoms with Gasteiger partial charge in [0.15, 0.2) is 6.10 Å². The molecule has 1 unspecified atom stereocenters. The predicted molar refractivity (Wildman–Crippen MR) is 252 cm³/mol. The Morgan fingerprint density at radius 3 is 1.00 bits per heavy atom. The minimum absolute atomic E-state index is 0.0772. The average molecular weight is 829 g/mol. The molecule has 0 aliphatic carbocycles. The van der Waals surface area contributed by atoms with E-state index in [4.69, 9.17) is 14.2 Å². The Balaban J connectivity index is 4.39. The highest BCUT2D eigenvalue weighted by atomic mass is 16.6. The van der Waals surface area contributed by atoms with Crippen LogP contribution in [-0.2, 0) is 28.6 Å². The van der Waals surface area contributed by atoms with Crippen LogP contribution in [0.25, 0.3) is 0 Å². The first-order valence-electron chi connectivity index (χ1n) is 25.5. The Morgan fingerprint density at radius 2 is 0.627 bits per heavy atom. The van der Waals surface area contributed by atoms with Crippen molar-refractivity contribution >= 4 is 17.9 Å². The number of rotatable bonds is 46. The molecule has 0 radical (unpaired) electrons. The van der Waals surface area contributed by atoms with Crippen molar-refractivity contribution in [3.8, 4) is 0 Å². The maximum Gasteiger partial charge on any atom is 0.306 e. The van der Waals surface area contributed by atoms with Gasteiger partial charge in [-0.05, 0) is 70.6 Å². The van der Waals surface area contributed by atoms with E-state index in [1.165, 1.54) is 141 Å². The molecular weight excluding hydrogens is 733 g/mol. The largest absolute Gasteiger partial charge is 0.462 e. The van der Waals surface area contributed by atoms with Gasteiger partial charge < -0.3 is 14.2 Å². The third-order valence-electron chi connectivity index (χ3n) is 11.1. The summed E-state index contributed by atoms with van der Waals surface area (Å²) in [5, 5.41) is 0. The molecule has 0 aromatic rings. The molecule has 6 heteroatoms. The molecule has 0 amide bonds. The molecule has 0 saturated carbocycles. The number of unbranched alkanes of at least 4 members (excludes halogenated alkanes) is 29. The molecule has 0 aromatic carbocycles. The van der Waals surface area contributed by atoms with Crippen molar-refractivity contribution in [1.82, 2.24) is 0 Å². The second-order valence-corrected chi connectivity index (χ2v) is 17.1. The van der Waals surface area contributed by atoms with Crippen LogP contribution < -0.4 is 0 Å². The van der Waals surface area contributed by atoms with Crippen LogP contribution in [0.3, 0.4) is 0 Å². The van der Waals surface area contributed by atoms with E-state index in [2.05, 4.69) is 57.2 Å². The molecule has 0 bridgehead atoms. The van der Waals surface area contributed by atoms with E-state index in [-0.39, 0.29) is 31.1 Å². The Hall–Kier alpha value is -2.37. The number of esters is 3. The molecule has 0 rings (SSSR count). The summed E-state index contributed by atoms with van der Waals surface area (Å²) in [7, 11) is 0. The Bertz CT molecular complexity index is 1000. The molecular formula is C53H96O6. The lowest BCUT2D eigenvalue weighted by Gasteiger charge is -2.18. The molecule has 0 aromatic heterocycles. The maximum absolute atomic E-state index is 12.8. The summed E-state index contributed by atoms with van der Waals surface area (Å²) >= 11 is 0. The average Bonchev–Trinajstić information content (AvgIpc) is 3.23. The van der Waals surface area contributed by atoms with E-state index in [1.807, 2.05) is 0 Å². The summed E-state index contributed by atoms with van der Waals surface area (Å²) in [6.45, 7) is 6.58. The van der Waals surface area contributed by atoms with Crippen LogP contribution in [-0.4, -0.2) is 37.2 Å². The molecule has 0 aliphatic heterocycles. The highest BCUT2D eigenvalue weighted by Crippen LogP contribution is 2.15. The van der Waals surface area contributed by atoms with Crippen molar-refractivity contribution in [3.63, 3.8) is 0 Å². The zero-order valence-electron chi connectivity index (χ0n) is 39.3. The number of hydrogen-bond acceptors (Lipinski definition) is 6. The SMILES string of the molecule is CCCC/C=C\C/C=C\CCCCCCCC(=O)OCC(COC(=O)CCCCCCCCCCCCCCC)OC(=O)CCCCCCC/C=C\CCCCCCC. The first-order valence-corrected chi connectivity index (χ1v) is 25.5. The molecule has 59 heavy (non-hydrogen) atoms. The fraction of sp³-hybridized carbons (Fsp3) is 0.830. The second kappa shape index (κ2) is 48.3. The van der Waals surface area contributed by atoms with Gasteiger partial charge in [-0.3, -0.25) is 14.4 Å². The first-order chi connectivity index (χ1) is 29.0. The predicted octanol–water partition coefficient (Wildman–Crippen LogP) is 16.5. The lowest BCUT2D eigenvalue weighted by Crippen LogP contribution is -2.30. The summed E-state index contributed by atoms with van der Waals surface area (Å²) in [6, 6.07) is 0. The van der Waals surface area contributed by atoms with Crippen molar-refractivity contribution < 1.29 is 28.6 Å². The van der Waals surface area contributed by atoms with Crippen LogP contribution in [0.15, 0.2) is 36.5 Å². The minimum atomic E-state index is -0.777. The standard InChI is InChI=1S/C53H96O6/c1-4-7-10-13-16-19-22-25-28-31-34-37-40-43-46-52(55)58-49-50(48-57-51(54)45-42-39-36-33-30-27-24-21-18-15-12-9-6-3)59-53(56)47-44-41-38-35-32-29-26-23-20-17-14-11-8-5-2/h13,16,22-23,25-26,50H,4-12,14-15,17-21,24,27-49H2,1-3H3/b16-13-,25-22-,26-23-. The number of carbonyl (C=O) groups excluding carboxylic acids is 3. The molecule has 0 spiro atoms. The first kappa shape index (κ1) is 56.6. The van der Waals surface area contributed by atoms with Crippen molar-refractivity contribution in [3.05, 3.63) is 36.5 Å². The van der Waals surface area contributed by atoms with Gasteiger partial charge in [0, 0.05) is 19.3 Å². The summed E-state index contributed by atoms with van der Waals surface area (Å²) in [4.78, 5) is 37.9. The van der Waals surface area contributed by atoms with Crippen LogP contribution in [0.4, 0.5) is 0 Å². The third-order valence-corrected chi connectivity index (χ3v) is 11.1. The third kappa shape index (κ3) is 46.5. The van der Waals surface area contributed by atoms with E-state index < -0.39 is 6.10 Å². The van der Waals surface area contributed by atoms with E-state index in [0.29, 0.717) is 19.3 Å². The molecule has 0 fully saturated rings. The maximum atomic E-state index is 12.8. The van der Waals surface area contributed by atoms with Crippen molar-refractivity contribution in [2.45, 2.75) is 271 Å². The smallest absolute Gasteiger partial charge is 0.306 e. The summed E-state index contributed by atoms with van der Waals surface area (Å²) < 4.78 is 16.8. The molecule has 0 saturated heterocycles. The van der Waals surface area contributed by atoms with Gasteiger partial charge in [0.2, 0.25) is 0 Å². The molecule has 0 N–H and O–H groups in total. The van der Waals surface area contributed by atoms with E-state index in [9.17, 15) is 14.4 Å². The van der Waals surface area contributed by atoms with E-state index in [1.54, 1.807) is 0 Å². The van der Waals surface area contributed by atoms with E-state index >= 15 is 0 Å². The fourth-order valence-electron chi connectivity index (χ4n) is 7.22. The number of allylic oxidation sites excluding steroid dienone is 6. The number of carbonyl (C=O) groups is 3. The number of hydrogen-bond donors (Lipinski definition) is 0. The highest BCUT2D eigenvalue weighted by Gasteiger charge is 2.19. The summed E-state index contributed by atoms with van der Waals surface area (Å²) in [6.07, 6.45) is 55.5. The van der Waals surface area contributed by atoms with Crippen molar-refractivity contribution in [2.75, 3.05) is 13.2 Å². The van der Waals surface area contributed by atoms with Gasteiger partial charge >= 0.3 is 17.9 Å². The molecule has 0 aliphatic rings. The van der Waals surface area contributed by atoms with Gasteiger partial charge in [-0.15, -0.1) is 0 Å². The van der Waals surface area contributed by atoms with Crippen molar-refractivity contribution in [2.24, 2.45) is 0 Å². The molecule has 6 nitrogen and oxygen atoms in total. The summed E-state index contributed by atoms with van der Waals surface area (Å²) in [5.74, 6) is -0.892. The van der Waals surface area contributed by atoms with Crippen LogP contribution >= 0.6 is 0 Å². The van der Waals surface area contributed by atoms with Crippen LogP contribution in [0, 0.1) is 0 Å². The highest BCUT2D eigenvalue weighted by molar-refractivity contribution is 5.71. The van der Waals surface area contributed by atoms with Gasteiger partial charge in [0.25, 0.3) is 0 Å². The lowest BCUT2D eigenvalue weighted by molar-refractivity contribution is -0.167. The lowest BCUT2D eigenvalue weighted by atomic mass is 10.0. The zero-order valence-corrected chi connectivity index (χ0v) is 39.3. The monoisotopic (exact) mass is 829 g/mol. The Morgan fingerprint density at radius 1 is 0.339 bits per heavy atom. The molecule has 344 valence electrons. The fourth-order valence-corrected chi connectivity index (χ4v) is 7.22. The normalized spacial score (nSPS) is 12.3. The van der Waals surface area contributed by atoms with Gasteiger partial charge in [-0.1, -0.05) is 211 Å². The number of ether oxygens (including phenoxy) is 3. The van der Waals surface area contributed by atoms with Gasteiger partial charge in [-0.25, -0.2) is 0 Å². The summed E-state index contributed by atoms with van der Waals surface area (Å²) in [5.41, 5.74) is 0. The zero-order chi connectivity index (χ0) is 43.0. The Kier molecular flexibility index (Phi) is 46.4. The van der Waals surface area contributed by atoms with E-state index in [0.717, 1.165) is 83.5 Å². The Labute approximate surface area is 365 Å².